The highest BCUT2D eigenvalue weighted by molar-refractivity contribution is 7.74. The SMILES string of the molecule is CC(C)(C)OC(=O)N1[C@@H](C(C)(C)[SH](=O)=O)COC1(C)C. The Morgan fingerprint density at radius 2 is 1.75 bits per heavy atom. The number of hydrogen-bond donors (Lipinski definition) is 1. The highest BCUT2D eigenvalue weighted by Gasteiger charge is 2.52. The molecule has 118 valence electrons. The van der Waals surface area contributed by atoms with Gasteiger partial charge in [-0.15, -0.1) is 0 Å². The van der Waals surface area contributed by atoms with Crippen molar-refractivity contribution in [3.05, 3.63) is 0 Å². The Bertz CT molecular complexity index is 454. The molecule has 20 heavy (non-hydrogen) atoms. The van der Waals surface area contributed by atoms with Crippen LogP contribution in [0.3, 0.4) is 0 Å². The standard InChI is InChI=1S/C13H25NO5S/c1-11(2,3)19-10(15)14-9(8-18-13(14,6)7)12(4,5)20(16)17/h9,20H,8H2,1-7H3/t9-/m1/s1. The van der Waals surface area contributed by atoms with E-state index in [1.54, 1.807) is 48.5 Å². The molecule has 1 atom stereocenters. The summed E-state index contributed by atoms with van der Waals surface area (Å²) in [6.45, 7) is 12.1. The number of carbonyl (C=O) groups is 1. The van der Waals surface area contributed by atoms with Crippen LogP contribution in [0.25, 0.3) is 0 Å². The minimum Gasteiger partial charge on any atom is -0.444 e. The van der Waals surface area contributed by atoms with Gasteiger partial charge < -0.3 is 9.47 Å². The number of ether oxygens (including phenoxy) is 2. The molecule has 1 aliphatic rings. The van der Waals surface area contributed by atoms with Crippen molar-refractivity contribution in [3.8, 4) is 0 Å². The minimum absolute atomic E-state index is 0.169. The molecule has 1 aliphatic heterocycles. The summed E-state index contributed by atoms with van der Waals surface area (Å²) >= 11 is 0. The van der Waals surface area contributed by atoms with E-state index in [1.807, 2.05) is 0 Å². The van der Waals surface area contributed by atoms with Gasteiger partial charge in [0.05, 0.1) is 17.4 Å². The summed E-state index contributed by atoms with van der Waals surface area (Å²) in [6.07, 6.45) is -0.560. The maximum Gasteiger partial charge on any atom is 0.412 e. The van der Waals surface area contributed by atoms with Gasteiger partial charge in [0.2, 0.25) is 0 Å². The fourth-order valence-corrected chi connectivity index (χ4v) is 2.54. The summed E-state index contributed by atoms with van der Waals surface area (Å²) < 4.78 is 32.8. The van der Waals surface area contributed by atoms with Crippen molar-refractivity contribution in [1.82, 2.24) is 4.90 Å². The third-order valence-corrected chi connectivity index (χ3v) is 4.60. The van der Waals surface area contributed by atoms with Crippen molar-refractivity contribution in [1.29, 1.82) is 0 Å². The lowest BCUT2D eigenvalue weighted by atomic mass is 10.0. The molecular formula is C13H25NO5S. The van der Waals surface area contributed by atoms with Crippen LogP contribution >= 0.6 is 0 Å². The summed E-state index contributed by atoms with van der Waals surface area (Å²) in [5, 5.41) is 0. The first kappa shape index (κ1) is 17.2. The van der Waals surface area contributed by atoms with Crippen LogP contribution in [-0.2, 0) is 20.2 Å². The van der Waals surface area contributed by atoms with E-state index in [0.29, 0.717) is 0 Å². The molecule has 7 heteroatoms. The number of amides is 1. The summed E-state index contributed by atoms with van der Waals surface area (Å²) in [7, 11) is -2.71. The van der Waals surface area contributed by atoms with E-state index >= 15 is 0 Å². The van der Waals surface area contributed by atoms with Crippen LogP contribution in [0.2, 0.25) is 0 Å². The van der Waals surface area contributed by atoms with Crippen molar-refractivity contribution in [2.75, 3.05) is 6.61 Å². The van der Waals surface area contributed by atoms with Gasteiger partial charge in [0.15, 0.2) is 0 Å². The van der Waals surface area contributed by atoms with Gasteiger partial charge in [0.1, 0.15) is 22.0 Å². The van der Waals surface area contributed by atoms with E-state index in [1.165, 1.54) is 4.90 Å². The summed E-state index contributed by atoms with van der Waals surface area (Å²) in [5.41, 5.74) is -1.54. The highest BCUT2D eigenvalue weighted by atomic mass is 32.2. The predicted octanol–water partition coefficient (Wildman–Crippen LogP) is 1.75. The fraction of sp³-hybridized carbons (Fsp3) is 0.923. The molecule has 0 N–H and O–H groups in total. The molecule has 0 spiro atoms. The van der Waals surface area contributed by atoms with Gasteiger partial charge >= 0.3 is 6.09 Å². The van der Waals surface area contributed by atoms with Crippen LogP contribution in [0.15, 0.2) is 0 Å². The van der Waals surface area contributed by atoms with Crippen molar-refractivity contribution in [2.24, 2.45) is 0 Å². The number of thiol groups is 1. The molecule has 0 unspecified atom stereocenters. The second-order valence-electron chi connectivity index (χ2n) is 7.03. The molecule has 0 aliphatic carbocycles. The molecule has 1 heterocycles. The molecule has 1 amide bonds. The maximum absolute atomic E-state index is 12.4. The average Bonchev–Trinajstić information content (AvgIpc) is 2.51. The Kier molecular flexibility index (Phi) is 4.46. The van der Waals surface area contributed by atoms with Crippen molar-refractivity contribution >= 4 is 16.8 Å². The zero-order chi connectivity index (χ0) is 15.9. The van der Waals surface area contributed by atoms with Crippen LogP contribution in [0.5, 0.6) is 0 Å². The number of nitrogens with zero attached hydrogens (tertiary/aromatic N) is 1. The lowest BCUT2D eigenvalue weighted by Gasteiger charge is -2.38. The lowest BCUT2D eigenvalue weighted by Crippen LogP contribution is -2.56. The zero-order valence-corrected chi connectivity index (χ0v) is 14.1. The Morgan fingerprint density at radius 3 is 2.15 bits per heavy atom. The lowest BCUT2D eigenvalue weighted by molar-refractivity contribution is -0.0634. The predicted molar refractivity (Wildman–Crippen MR) is 76.3 cm³/mol. The average molecular weight is 307 g/mol. The van der Waals surface area contributed by atoms with Gasteiger partial charge in [0, 0.05) is 0 Å². The molecule has 0 aromatic carbocycles. The molecule has 0 aromatic rings. The second kappa shape index (κ2) is 5.18. The largest absolute Gasteiger partial charge is 0.444 e. The van der Waals surface area contributed by atoms with Gasteiger partial charge in [-0.05, 0) is 48.5 Å². The monoisotopic (exact) mass is 307 g/mol. The first-order chi connectivity index (χ1) is 8.79. The smallest absolute Gasteiger partial charge is 0.412 e. The van der Waals surface area contributed by atoms with E-state index in [-0.39, 0.29) is 6.61 Å². The number of carbonyl (C=O) groups excluding carboxylic acids is 1. The molecule has 1 saturated heterocycles. The molecular weight excluding hydrogens is 282 g/mol. The fourth-order valence-electron chi connectivity index (χ4n) is 2.10. The van der Waals surface area contributed by atoms with E-state index in [9.17, 15) is 13.2 Å². The Morgan fingerprint density at radius 1 is 1.25 bits per heavy atom. The Balaban J connectivity index is 3.12. The van der Waals surface area contributed by atoms with Gasteiger partial charge in [-0.2, -0.15) is 0 Å². The second-order valence-corrected chi connectivity index (χ2v) is 8.70. The van der Waals surface area contributed by atoms with Gasteiger partial charge in [-0.3, -0.25) is 4.90 Å². The third kappa shape index (κ3) is 3.44. The van der Waals surface area contributed by atoms with Crippen molar-refractivity contribution in [3.63, 3.8) is 0 Å². The first-order valence-corrected chi connectivity index (χ1v) is 7.77. The molecule has 1 fully saturated rings. The zero-order valence-electron chi connectivity index (χ0n) is 13.2. The van der Waals surface area contributed by atoms with E-state index < -0.39 is 38.9 Å². The normalized spacial score (nSPS) is 23.2. The van der Waals surface area contributed by atoms with Gasteiger partial charge in [-0.25, -0.2) is 13.2 Å². The number of rotatable bonds is 2. The first-order valence-electron chi connectivity index (χ1n) is 6.60. The molecule has 0 bridgehead atoms. The van der Waals surface area contributed by atoms with Crippen LogP contribution < -0.4 is 0 Å². The molecule has 0 radical (unpaired) electrons. The minimum atomic E-state index is -2.71. The Hall–Kier alpha value is -0.820. The third-order valence-electron chi connectivity index (χ3n) is 3.36. The van der Waals surface area contributed by atoms with Crippen LogP contribution in [0.4, 0.5) is 4.79 Å². The highest BCUT2D eigenvalue weighted by Crippen LogP contribution is 2.35. The molecule has 0 aromatic heterocycles. The van der Waals surface area contributed by atoms with Crippen LogP contribution in [0.1, 0.15) is 48.5 Å². The van der Waals surface area contributed by atoms with Gasteiger partial charge in [0.25, 0.3) is 0 Å². The Labute approximate surface area is 122 Å². The quantitative estimate of drug-likeness (QED) is 0.787. The maximum atomic E-state index is 12.4. The molecule has 6 nitrogen and oxygen atoms in total. The van der Waals surface area contributed by atoms with Gasteiger partial charge in [-0.1, -0.05) is 0 Å². The van der Waals surface area contributed by atoms with E-state index in [2.05, 4.69) is 0 Å². The molecule has 0 saturated carbocycles. The van der Waals surface area contributed by atoms with E-state index in [4.69, 9.17) is 9.47 Å². The van der Waals surface area contributed by atoms with Crippen molar-refractivity contribution in [2.45, 2.75) is 70.6 Å². The summed E-state index contributed by atoms with van der Waals surface area (Å²) in [6, 6.07) is -0.575. The molecule has 1 rings (SSSR count). The number of hydrogen-bond acceptors (Lipinski definition) is 5. The van der Waals surface area contributed by atoms with Crippen LogP contribution in [-0.4, -0.2) is 48.1 Å². The topological polar surface area (TPSA) is 72.9 Å². The van der Waals surface area contributed by atoms with Crippen LogP contribution in [0, 0.1) is 0 Å². The summed E-state index contributed by atoms with van der Waals surface area (Å²) in [5.74, 6) is 0. The van der Waals surface area contributed by atoms with Crippen molar-refractivity contribution < 1.29 is 22.7 Å². The summed E-state index contributed by atoms with van der Waals surface area (Å²) in [4.78, 5) is 13.8. The van der Waals surface area contributed by atoms with E-state index in [0.717, 1.165) is 0 Å².